The number of hydrogen-bond acceptors (Lipinski definition) is 4. The topological polar surface area (TPSA) is 44.8 Å². The Labute approximate surface area is 162 Å². The van der Waals surface area contributed by atoms with Gasteiger partial charge in [0.1, 0.15) is 18.2 Å². The number of ether oxygens (including phenoxy) is 3. The average Bonchev–Trinajstić information content (AvgIpc) is 3.08. The molecule has 0 bridgehead atoms. The zero-order valence-corrected chi connectivity index (χ0v) is 15.6. The Morgan fingerprint density at radius 2 is 1.82 bits per heavy atom. The van der Waals surface area contributed by atoms with Gasteiger partial charge in [-0.2, -0.15) is 0 Å². The van der Waals surface area contributed by atoms with Gasteiger partial charge in [-0.1, -0.05) is 36.4 Å². The first kappa shape index (κ1) is 18.4. The highest BCUT2D eigenvalue weighted by Gasteiger charge is 2.43. The van der Waals surface area contributed by atoms with Gasteiger partial charge in [-0.05, 0) is 53.6 Å². The van der Waals surface area contributed by atoms with Gasteiger partial charge in [0.2, 0.25) is 0 Å². The van der Waals surface area contributed by atoms with Crippen molar-refractivity contribution in [2.24, 2.45) is 0 Å². The van der Waals surface area contributed by atoms with Crippen LogP contribution in [0.4, 0.5) is 4.39 Å². The normalized spacial score (nSPS) is 20.1. The minimum atomic E-state index is -1.19. The summed E-state index contributed by atoms with van der Waals surface area (Å²) in [6.07, 6.45) is 0.431. The van der Waals surface area contributed by atoms with Gasteiger partial charge in [0, 0.05) is 6.42 Å². The molecule has 28 heavy (non-hydrogen) atoms. The predicted octanol–water partition coefficient (Wildman–Crippen LogP) is 5.17. The second-order valence-electron chi connectivity index (χ2n) is 7.00. The third-order valence-electron chi connectivity index (χ3n) is 4.92. The fourth-order valence-electron chi connectivity index (χ4n) is 3.33. The number of hydrogen-bond donors (Lipinski definition) is 0. The zero-order chi connectivity index (χ0) is 19.6. The monoisotopic (exact) mass is 380 g/mol. The van der Waals surface area contributed by atoms with Crippen LogP contribution in [0.1, 0.15) is 31.4 Å². The lowest BCUT2D eigenvalue weighted by Crippen LogP contribution is -2.41. The molecule has 1 aliphatic rings. The minimum absolute atomic E-state index is 0.0874. The number of rotatable bonds is 6. The van der Waals surface area contributed by atoms with E-state index in [9.17, 15) is 9.18 Å². The van der Waals surface area contributed by atoms with Crippen LogP contribution in [0.25, 0.3) is 10.8 Å². The summed E-state index contributed by atoms with van der Waals surface area (Å²) in [6, 6.07) is 19.9. The molecule has 0 aliphatic carbocycles. The number of carbonyl (C=O) groups is 1. The van der Waals surface area contributed by atoms with E-state index in [1.165, 1.54) is 29.7 Å². The molecule has 0 unspecified atom stereocenters. The summed E-state index contributed by atoms with van der Waals surface area (Å²) in [7, 11) is 0. The molecule has 1 saturated heterocycles. The lowest BCUT2D eigenvalue weighted by molar-refractivity contribution is -0.201. The van der Waals surface area contributed by atoms with Gasteiger partial charge in [-0.15, -0.1) is 0 Å². The predicted molar refractivity (Wildman–Crippen MR) is 103 cm³/mol. The number of carbonyl (C=O) groups excluding carboxylic acids is 1. The maximum Gasteiger partial charge on any atom is 0.309 e. The first-order valence-corrected chi connectivity index (χ1v) is 9.30. The molecule has 0 N–H and O–H groups in total. The first-order chi connectivity index (χ1) is 13.5. The second-order valence-corrected chi connectivity index (χ2v) is 7.00. The van der Waals surface area contributed by atoms with Crippen LogP contribution in [0.15, 0.2) is 66.7 Å². The number of esters is 1. The van der Waals surface area contributed by atoms with E-state index in [1.54, 1.807) is 0 Å². The number of fused-ring (bicyclic) bond motifs is 1. The summed E-state index contributed by atoms with van der Waals surface area (Å²) < 4.78 is 30.5. The van der Waals surface area contributed by atoms with Gasteiger partial charge in [0.05, 0.1) is 12.5 Å². The van der Waals surface area contributed by atoms with E-state index in [2.05, 4.69) is 24.3 Å². The molecule has 2 atom stereocenters. The van der Waals surface area contributed by atoms with Crippen LogP contribution in [0.3, 0.4) is 0 Å². The van der Waals surface area contributed by atoms with Gasteiger partial charge < -0.3 is 14.2 Å². The fourth-order valence-corrected chi connectivity index (χ4v) is 3.33. The standard InChI is InChI=1S/C23H21FO4/c1-16(18-7-6-17-4-2-3-5-19(17)14-18)26-15-23(13-12-22(25)28-23)27-21-10-8-20(24)9-11-21/h2-11,14,16H,12-13,15H2,1H3/t16-,23-/m1/s1. The smallest absolute Gasteiger partial charge is 0.309 e. The van der Waals surface area contributed by atoms with Crippen LogP contribution in [-0.2, 0) is 14.3 Å². The molecular formula is C23H21FO4. The van der Waals surface area contributed by atoms with Crippen molar-refractivity contribution in [3.63, 3.8) is 0 Å². The maximum absolute atomic E-state index is 13.1. The van der Waals surface area contributed by atoms with E-state index >= 15 is 0 Å². The van der Waals surface area contributed by atoms with E-state index in [0.717, 1.165) is 10.9 Å². The van der Waals surface area contributed by atoms with Crippen LogP contribution >= 0.6 is 0 Å². The highest BCUT2D eigenvalue weighted by molar-refractivity contribution is 5.83. The average molecular weight is 380 g/mol. The molecule has 0 saturated carbocycles. The molecule has 0 spiro atoms. The molecular weight excluding hydrogens is 359 g/mol. The summed E-state index contributed by atoms with van der Waals surface area (Å²) in [6.45, 7) is 2.04. The van der Waals surface area contributed by atoms with Gasteiger partial charge in [-0.25, -0.2) is 4.39 Å². The van der Waals surface area contributed by atoms with E-state index < -0.39 is 5.79 Å². The van der Waals surface area contributed by atoms with Crippen LogP contribution in [-0.4, -0.2) is 18.4 Å². The molecule has 5 heteroatoms. The molecule has 0 aromatic heterocycles. The van der Waals surface area contributed by atoms with E-state index in [4.69, 9.17) is 14.2 Å². The van der Waals surface area contributed by atoms with Crippen LogP contribution in [0.5, 0.6) is 5.75 Å². The molecule has 3 aromatic rings. The van der Waals surface area contributed by atoms with Crippen LogP contribution in [0.2, 0.25) is 0 Å². The Morgan fingerprint density at radius 1 is 1.07 bits per heavy atom. The van der Waals surface area contributed by atoms with Gasteiger partial charge in [0.25, 0.3) is 5.79 Å². The summed E-state index contributed by atoms with van der Waals surface area (Å²) in [5.74, 6) is -1.45. The zero-order valence-electron chi connectivity index (χ0n) is 15.6. The highest BCUT2D eigenvalue weighted by Crippen LogP contribution is 2.32. The van der Waals surface area contributed by atoms with E-state index in [1.807, 2.05) is 25.1 Å². The lowest BCUT2D eigenvalue weighted by atomic mass is 10.0. The molecule has 1 aliphatic heterocycles. The number of halogens is 1. The van der Waals surface area contributed by atoms with Crippen molar-refractivity contribution in [3.8, 4) is 5.75 Å². The Morgan fingerprint density at radius 3 is 2.54 bits per heavy atom. The summed E-state index contributed by atoms with van der Waals surface area (Å²) in [5.41, 5.74) is 1.03. The molecule has 1 heterocycles. The van der Waals surface area contributed by atoms with Crippen molar-refractivity contribution in [1.82, 2.24) is 0 Å². The Hall–Kier alpha value is -2.92. The number of cyclic esters (lactones) is 1. The maximum atomic E-state index is 13.1. The Kier molecular flexibility index (Phi) is 5.01. The van der Waals surface area contributed by atoms with E-state index in [-0.39, 0.29) is 30.9 Å². The quantitative estimate of drug-likeness (QED) is 0.554. The lowest BCUT2D eigenvalue weighted by Gasteiger charge is -2.29. The largest absolute Gasteiger partial charge is 0.450 e. The third kappa shape index (κ3) is 3.99. The molecule has 3 aromatic carbocycles. The van der Waals surface area contributed by atoms with Crippen molar-refractivity contribution < 1.29 is 23.4 Å². The SMILES string of the molecule is C[C@@H](OC[C@@]1(Oc2ccc(F)cc2)CCC(=O)O1)c1ccc2ccccc2c1. The third-order valence-corrected chi connectivity index (χ3v) is 4.92. The van der Waals surface area contributed by atoms with Crippen LogP contribution < -0.4 is 4.74 Å². The van der Waals surface area contributed by atoms with Crippen molar-refractivity contribution in [1.29, 1.82) is 0 Å². The fraction of sp³-hybridized carbons (Fsp3) is 0.261. The van der Waals surface area contributed by atoms with E-state index in [0.29, 0.717) is 12.2 Å². The molecule has 0 amide bonds. The first-order valence-electron chi connectivity index (χ1n) is 9.30. The Balaban J connectivity index is 1.48. The van der Waals surface area contributed by atoms with Gasteiger partial charge >= 0.3 is 5.97 Å². The molecule has 4 nitrogen and oxygen atoms in total. The highest BCUT2D eigenvalue weighted by atomic mass is 19.1. The van der Waals surface area contributed by atoms with Crippen LogP contribution in [0, 0.1) is 5.82 Å². The summed E-state index contributed by atoms with van der Waals surface area (Å²) in [4.78, 5) is 11.7. The molecule has 0 radical (unpaired) electrons. The summed E-state index contributed by atoms with van der Waals surface area (Å²) >= 11 is 0. The number of benzene rings is 3. The van der Waals surface area contributed by atoms with Gasteiger partial charge in [0.15, 0.2) is 0 Å². The molecule has 4 rings (SSSR count). The van der Waals surface area contributed by atoms with Crippen molar-refractivity contribution in [3.05, 3.63) is 78.1 Å². The summed E-state index contributed by atoms with van der Waals surface area (Å²) in [5, 5.41) is 2.30. The minimum Gasteiger partial charge on any atom is -0.450 e. The molecule has 144 valence electrons. The van der Waals surface area contributed by atoms with Crippen molar-refractivity contribution in [2.75, 3.05) is 6.61 Å². The molecule has 1 fully saturated rings. The van der Waals surface area contributed by atoms with Crippen molar-refractivity contribution >= 4 is 16.7 Å². The van der Waals surface area contributed by atoms with Gasteiger partial charge in [-0.3, -0.25) is 4.79 Å². The van der Waals surface area contributed by atoms with Crippen molar-refractivity contribution in [2.45, 2.75) is 31.7 Å². The Bertz CT molecular complexity index is 985. The second kappa shape index (κ2) is 7.60.